The molecule has 0 spiro atoms. The number of thioether (sulfide) groups is 1. The Balaban J connectivity index is 2.07. The highest BCUT2D eigenvalue weighted by Gasteiger charge is 2.26. The average molecular weight is 447 g/mol. The smallest absolute Gasteiger partial charge is 0.242 e. The van der Waals surface area contributed by atoms with Gasteiger partial charge in [-0.1, -0.05) is 31.2 Å². The first-order valence-corrected chi connectivity index (χ1v) is 11.5. The highest BCUT2D eigenvalue weighted by molar-refractivity contribution is 7.99. The van der Waals surface area contributed by atoms with Crippen LogP contribution in [0.3, 0.4) is 0 Å². The van der Waals surface area contributed by atoms with Crippen molar-refractivity contribution in [3.05, 3.63) is 65.5 Å². The van der Waals surface area contributed by atoms with Crippen LogP contribution in [0, 0.1) is 5.82 Å². The van der Waals surface area contributed by atoms with E-state index in [1.807, 2.05) is 38.1 Å². The van der Waals surface area contributed by atoms with E-state index >= 15 is 0 Å². The van der Waals surface area contributed by atoms with Crippen LogP contribution in [-0.2, 0) is 21.9 Å². The molecule has 31 heavy (non-hydrogen) atoms. The minimum absolute atomic E-state index is 0.0424. The van der Waals surface area contributed by atoms with Gasteiger partial charge < -0.3 is 15.0 Å². The number of benzene rings is 2. The molecule has 5 nitrogen and oxygen atoms in total. The van der Waals surface area contributed by atoms with Crippen molar-refractivity contribution in [3.8, 4) is 5.75 Å². The van der Waals surface area contributed by atoms with Crippen molar-refractivity contribution in [2.75, 3.05) is 12.9 Å². The van der Waals surface area contributed by atoms with Crippen LogP contribution in [0.2, 0.25) is 0 Å². The number of rotatable bonds is 11. The Labute approximate surface area is 188 Å². The maximum absolute atomic E-state index is 13.1. The monoisotopic (exact) mass is 446 g/mol. The minimum Gasteiger partial charge on any atom is -0.497 e. The van der Waals surface area contributed by atoms with Gasteiger partial charge in [0.15, 0.2) is 0 Å². The van der Waals surface area contributed by atoms with Gasteiger partial charge in [-0.25, -0.2) is 4.39 Å². The summed E-state index contributed by atoms with van der Waals surface area (Å²) >= 11 is 1.45. The van der Waals surface area contributed by atoms with E-state index in [2.05, 4.69) is 5.32 Å². The molecule has 2 aromatic carbocycles. The Bertz CT molecular complexity index is 843. The second kappa shape index (κ2) is 12.3. The summed E-state index contributed by atoms with van der Waals surface area (Å²) in [4.78, 5) is 27.4. The van der Waals surface area contributed by atoms with E-state index < -0.39 is 6.04 Å². The molecule has 2 aromatic rings. The number of amides is 2. The molecule has 0 heterocycles. The lowest BCUT2D eigenvalue weighted by atomic mass is 10.1. The Kier molecular flexibility index (Phi) is 9.85. The fraction of sp³-hybridized carbons (Fsp3) is 0.417. The van der Waals surface area contributed by atoms with Gasteiger partial charge in [-0.05, 0) is 55.7 Å². The molecule has 0 aliphatic rings. The van der Waals surface area contributed by atoms with E-state index in [0.717, 1.165) is 23.3 Å². The normalized spacial score (nSPS) is 12.7. The molecule has 168 valence electrons. The fourth-order valence-electron chi connectivity index (χ4n) is 2.90. The van der Waals surface area contributed by atoms with E-state index in [1.165, 1.54) is 23.9 Å². The highest BCUT2D eigenvalue weighted by Crippen LogP contribution is 2.18. The number of ether oxygens (including phenoxy) is 1. The summed E-state index contributed by atoms with van der Waals surface area (Å²) < 4.78 is 18.3. The van der Waals surface area contributed by atoms with E-state index in [9.17, 15) is 14.0 Å². The number of carbonyl (C=O) groups excluding carboxylic acids is 2. The van der Waals surface area contributed by atoms with Crippen molar-refractivity contribution < 1.29 is 18.7 Å². The Morgan fingerprint density at radius 3 is 2.26 bits per heavy atom. The molecule has 1 N–H and O–H groups in total. The van der Waals surface area contributed by atoms with Gasteiger partial charge in [0, 0.05) is 18.3 Å². The van der Waals surface area contributed by atoms with Crippen LogP contribution in [0.1, 0.15) is 38.3 Å². The lowest BCUT2D eigenvalue weighted by molar-refractivity contribution is -0.138. The van der Waals surface area contributed by atoms with Crippen LogP contribution in [-0.4, -0.2) is 41.7 Å². The zero-order valence-corrected chi connectivity index (χ0v) is 19.4. The number of hydrogen-bond acceptors (Lipinski definition) is 4. The molecule has 0 saturated carbocycles. The third-order valence-corrected chi connectivity index (χ3v) is 6.08. The summed E-state index contributed by atoms with van der Waals surface area (Å²) in [6.45, 7) is 6.03. The first kappa shape index (κ1) is 24.7. The first-order valence-electron chi connectivity index (χ1n) is 10.4. The second-order valence-corrected chi connectivity index (χ2v) is 8.47. The van der Waals surface area contributed by atoms with Crippen LogP contribution in [0.4, 0.5) is 4.39 Å². The maximum Gasteiger partial charge on any atom is 0.242 e. The molecule has 2 atom stereocenters. The van der Waals surface area contributed by atoms with Crippen molar-refractivity contribution >= 4 is 23.6 Å². The molecule has 0 bridgehead atoms. The summed E-state index contributed by atoms with van der Waals surface area (Å²) in [5.41, 5.74) is 1.87. The average Bonchev–Trinajstić information content (AvgIpc) is 2.78. The van der Waals surface area contributed by atoms with E-state index in [4.69, 9.17) is 4.74 Å². The zero-order chi connectivity index (χ0) is 22.8. The molecule has 7 heteroatoms. The van der Waals surface area contributed by atoms with Gasteiger partial charge in [-0.15, -0.1) is 11.8 Å². The zero-order valence-electron chi connectivity index (χ0n) is 18.6. The number of carbonyl (C=O) groups is 2. The van der Waals surface area contributed by atoms with Crippen molar-refractivity contribution in [2.45, 2.75) is 51.6 Å². The molecule has 0 aliphatic heterocycles. The molecule has 0 unspecified atom stereocenters. The van der Waals surface area contributed by atoms with Gasteiger partial charge in [-0.2, -0.15) is 0 Å². The minimum atomic E-state index is -0.602. The number of methoxy groups -OCH3 is 1. The van der Waals surface area contributed by atoms with Crippen molar-refractivity contribution in [3.63, 3.8) is 0 Å². The molecule has 0 aliphatic carbocycles. The van der Waals surface area contributed by atoms with Crippen LogP contribution in [0.15, 0.2) is 48.5 Å². The number of nitrogens with one attached hydrogen (secondary N) is 1. The van der Waals surface area contributed by atoms with Crippen LogP contribution in [0.5, 0.6) is 5.75 Å². The van der Waals surface area contributed by atoms with Gasteiger partial charge in [0.1, 0.15) is 17.6 Å². The third kappa shape index (κ3) is 7.90. The Hall–Kier alpha value is -2.54. The SMILES string of the molecule is CC[C@@H](C)NC(=O)[C@@H](C)N(Cc1ccc(OC)cc1)C(=O)CSCc1ccc(F)cc1. The lowest BCUT2D eigenvalue weighted by Crippen LogP contribution is -2.50. The summed E-state index contributed by atoms with van der Waals surface area (Å²) in [6, 6.07) is 13.2. The van der Waals surface area contributed by atoms with Crippen molar-refractivity contribution in [2.24, 2.45) is 0 Å². The van der Waals surface area contributed by atoms with E-state index in [1.54, 1.807) is 31.1 Å². The quantitative estimate of drug-likeness (QED) is 0.556. The van der Waals surface area contributed by atoms with Crippen LogP contribution < -0.4 is 10.1 Å². The second-order valence-electron chi connectivity index (χ2n) is 7.48. The van der Waals surface area contributed by atoms with Crippen molar-refractivity contribution in [1.29, 1.82) is 0 Å². The van der Waals surface area contributed by atoms with Crippen LogP contribution in [0.25, 0.3) is 0 Å². The predicted molar refractivity (Wildman–Crippen MR) is 123 cm³/mol. The summed E-state index contributed by atoms with van der Waals surface area (Å²) in [7, 11) is 1.60. The van der Waals surface area contributed by atoms with Crippen molar-refractivity contribution in [1.82, 2.24) is 10.2 Å². The molecule has 0 aromatic heterocycles. The third-order valence-electron chi connectivity index (χ3n) is 5.09. The summed E-state index contributed by atoms with van der Waals surface area (Å²) in [6.07, 6.45) is 0.818. The molecule has 2 amide bonds. The number of hydrogen-bond donors (Lipinski definition) is 1. The Morgan fingerprint density at radius 2 is 1.68 bits per heavy atom. The van der Waals surface area contributed by atoms with Gasteiger partial charge in [-0.3, -0.25) is 9.59 Å². The number of halogens is 1. The molecular formula is C24H31FN2O3S. The molecule has 2 rings (SSSR count). The van der Waals surface area contributed by atoms with Crippen LogP contribution >= 0.6 is 11.8 Å². The fourth-order valence-corrected chi connectivity index (χ4v) is 3.77. The topological polar surface area (TPSA) is 58.6 Å². The molecule has 0 fully saturated rings. The van der Waals surface area contributed by atoms with Gasteiger partial charge in [0.2, 0.25) is 11.8 Å². The number of nitrogens with zero attached hydrogens (tertiary/aromatic N) is 1. The lowest BCUT2D eigenvalue weighted by Gasteiger charge is -2.29. The standard InChI is InChI=1S/C24H31FN2O3S/c1-5-17(2)26-24(29)18(3)27(14-19-8-12-22(30-4)13-9-19)23(28)16-31-15-20-6-10-21(25)11-7-20/h6-13,17-18H,5,14-16H2,1-4H3,(H,26,29)/t17-,18-/m1/s1. The molecule has 0 radical (unpaired) electrons. The summed E-state index contributed by atoms with van der Waals surface area (Å²) in [5.74, 6) is 0.995. The van der Waals surface area contributed by atoms with E-state index in [0.29, 0.717) is 12.3 Å². The largest absolute Gasteiger partial charge is 0.497 e. The van der Waals surface area contributed by atoms with Gasteiger partial charge >= 0.3 is 0 Å². The van der Waals surface area contributed by atoms with Gasteiger partial charge in [0.05, 0.1) is 12.9 Å². The molecular weight excluding hydrogens is 415 g/mol. The van der Waals surface area contributed by atoms with E-state index in [-0.39, 0.29) is 29.4 Å². The highest BCUT2D eigenvalue weighted by atomic mass is 32.2. The predicted octanol–water partition coefficient (Wildman–Crippen LogP) is 4.40. The molecule has 0 saturated heterocycles. The summed E-state index contributed by atoms with van der Waals surface area (Å²) in [5, 5.41) is 2.96. The van der Waals surface area contributed by atoms with Gasteiger partial charge in [0.25, 0.3) is 0 Å². The first-order chi connectivity index (χ1) is 14.8. The maximum atomic E-state index is 13.1. The Morgan fingerprint density at radius 1 is 1.06 bits per heavy atom.